The monoisotopic (exact) mass is 274 g/mol. The van der Waals surface area contributed by atoms with Crippen LogP contribution in [0.25, 0.3) is 0 Å². The van der Waals surface area contributed by atoms with E-state index in [1.54, 1.807) is 0 Å². The molecule has 106 valence electrons. The van der Waals surface area contributed by atoms with Crippen molar-refractivity contribution in [2.24, 2.45) is 0 Å². The van der Waals surface area contributed by atoms with E-state index < -0.39 is 9.84 Å². The molecular formula is C13H26N2O2S. The van der Waals surface area contributed by atoms with Crippen LogP contribution in [-0.2, 0) is 9.84 Å². The standard InChI is InChI=1S/C13H26N2O2S/c1-14-13(5-3-2-4-6-13)7-8-15-9-11-18(16,17)12-10-15/h14H,2-12H2,1H3. The van der Waals surface area contributed by atoms with Gasteiger partial charge < -0.3 is 10.2 Å². The molecule has 1 saturated carbocycles. The number of hydrogen-bond acceptors (Lipinski definition) is 4. The van der Waals surface area contributed by atoms with Crippen molar-refractivity contribution in [1.82, 2.24) is 10.2 Å². The Labute approximate surface area is 111 Å². The molecule has 5 heteroatoms. The maximum Gasteiger partial charge on any atom is 0.152 e. The van der Waals surface area contributed by atoms with Crippen molar-refractivity contribution < 1.29 is 8.42 Å². The predicted octanol–water partition coefficient (Wildman–Crippen LogP) is 1.03. The molecule has 0 atom stereocenters. The van der Waals surface area contributed by atoms with Crippen molar-refractivity contribution in [3.05, 3.63) is 0 Å². The molecule has 2 rings (SSSR count). The Balaban J connectivity index is 1.80. The molecule has 2 fully saturated rings. The Kier molecular flexibility index (Phi) is 4.67. The van der Waals surface area contributed by atoms with Gasteiger partial charge in [-0.15, -0.1) is 0 Å². The second-order valence-electron chi connectivity index (χ2n) is 5.83. The fraction of sp³-hybridized carbons (Fsp3) is 1.00. The molecule has 0 aromatic rings. The molecule has 0 aromatic heterocycles. The lowest BCUT2D eigenvalue weighted by molar-refractivity contribution is 0.188. The van der Waals surface area contributed by atoms with Crippen LogP contribution in [0.4, 0.5) is 0 Å². The van der Waals surface area contributed by atoms with Gasteiger partial charge in [-0.2, -0.15) is 0 Å². The highest BCUT2D eigenvalue weighted by Crippen LogP contribution is 2.30. The third kappa shape index (κ3) is 3.68. The van der Waals surface area contributed by atoms with Gasteiger partial charge in [-0.25, -0.2) is 8.42 Å². The third-order valence-electron chi connectivity index (χ3n) is 4.68. The van der Waals surface area contributed by atoms with Crippen molar-refractivity contribution in [2.45, 2.75) is 44.1 Å². The normalized spacial score (nSPS) is 28.1. The van der Waals surface area contributed by atoms with Gasteiger partial charge in [0.1, 0.15) is 0 Å². The molecule has 1 saturated heterocycles. The first-order valence-electron chi connectivity index (χ1n) is 7.17. The molecule has 0 unspecified atom stereocenters. The van der Waals surface area contributed by atoms with Crippen LogP contribution < -0.4 is 5.32 Å². The Hall–Kier alpha value is -0.130. The highest BCUT2D eigenvalue weighted by atomic mass is 32.2. The van der Waals surface area contributed by atoms with Gasteiger partial charge in [0.05, 0.1) is 11.5 Å². The molecule has 1 N–H and O–H groups in total. The highest BCUT2D eigenvalue weighted by Gasteiger charge is 2.31. The highest BCUT2D eigenvalue weighted by molar-refractivity contribution is 7.91. The summed E-state index contributed by atoms with van der Waals surface area (Å²) in [4.78, 5) is 2.31. The van der Waals surface area contributed by atoms with Gasteiger partial charge in [0.2, 0.25) is 0 Å². The average Bonchev–Trinajstić information content (AvgIpc) is 2.39. The second-order valence-corrected chi connectivity index (χ2v) is 8.14. The molecule has 4 nitrogen and oxygen atoms in total. The zero-order chi connectivity index (χ0) is 13.1. The lowest BCUT2D eigenvalue weighted by Crippen LogP contribution is -2.49. The minimum absolute atomic E-state index is 0.314. The van der Waals surface area contributed by atoms with Gasteiger partial charge in [-0.05, 0) is 32.9 Å². The first-order valence-corrected chi connectivity index (χ1v) is 8.99. The quantitative estimate of drug-likeness (QED) is 0.832. The maximum atomic E-state index is 11.4. The van der Waals surface area contributed by atoms with E-state index in [-0.39, 0.29) is 0 Å². The fourth-order valence-corrected chi connectivity index (χ4v) is 4.48. The lowest BCUT2D eigenvalue weighted by Gasteiger charge is -2.39. The Bertz CT molecular complexity index is 347. The number of rotatable bonds is 4. The Morgan fingerprint density at radius 2 is 1.72 bits per heavy atom. The minimum Gasteiger partial charge on any atom is -0.314 e. The molecule has 0 bridgehead atoms. The van der Waals surface area contributed by atoms with Crippen molar-refractivity contribution >= 4 is 9.84 Å². The van der Waals surface area contributed by atoms with E-state index in [0.717, 1.165) is 26.1 Å². The summed E-state index contributed by atoms with van der Waals surface area (Å²) >= 11 is 0. The number of sulfone groups is 1. The summed E-state index contributed by atoms with van der Waals surface area (Å²) in [5, 5.41) is 3.53. The molecule has 0 aromatic carbocycles. The van der Waals surface area contributed by atoms with Crippen molar-refractivity contribution in [1.29, 1.82) is 0 Å². The maximum absolute atomic E-state index is 11.4. The van der Waals surface area contributed by atoms with Crippen LogP contribution in [0.1, 0.15) is 38.5 Å². The van der Waals surface area contributed by atoms with Gasteiger partial charge in [0, 0.05) is 18.6 Å². The van der Waals surface area contributed by atoms with Crippen LogP contribution in [0.3, 0.4) is 0 Å². The van der Waals surface area contributed by atoms with Gasteiger partial charge in [0.15, 0.2) is 9.84 Å². The average molecular weight is 274 g/mol. The topological polar surface area (TPSA) is 49.4 Å². The van der Waals surface area contributed by atoms with Gasteiger partial charge in [-0.1, -0.05) is 19.3 Å². The van der Waals surface area contributed by atoms with Crippen LogP contribution in [0, 0.1) is 0 Å². The first kappa shape index (κ1) is 14.3. The summed E-state index contributed by atoms with van der Waals surface area (Å²) < 4.78 is 22.8. The number of nitrogens with zero attached hydrogens (tertiary/aromatic N) is 1. The van der Waals surface area contributed by atoms with E-state index in [1.165, 1.54) is 32.1 Å². The summed E-state index contributed by atoms with van der Waals surface area (Å²) in [6.45, 7) is 2.49. The van der Waals surface area contributed by atoms with Crippen LogP contribution in [0.5, 0.6) is 0 Å². The van der Waals surface area contributed by atoms with Crippen molar-refractivity contribution in [3.63, 3.8) is 0 Å². The fourth-order valence-electron chi connectivity index (χ4n) is 3.20. The van der Waals surface area contributed by atoms with Crippen molar-refractivity contribution in [2.75, 3.05) is 38.2 Å². The van der Waals surface area contributed by atoms with E-state index in [0.29, 0.717) is 17.0 Å². The molecule has 18 heavy (non-hydrogen) atoms. The van der Waals surface area contributed by atoms with Gasteiger partial charge in [0.25, 0.3) is 0 Å². The zero-order valence-electron chi connectivity index (χ0n) is 11.5. The van der Waals surface area contributed by atoms with E-state index in [1.807, 2.05) is 0 Å². The summed E-state index contributed by atoms with van der Waals surface area (Å²) in [7, 11) is -0.662. The summed E-state index contributed by atoms with van der Waals surface area (Å²) in [5.41, 5.74) is 0.314. The van der Waals surface area contributed by atoms with Gasteiger partial charge in [-0.3, -0.25) is 0 Å². The van der Waals surface area contributed by atoms with Crippen LogP contribution in [-0.4, -0.2) is 57.0 Å². The van der Waals surface area contributed by atoms with Crippen LogP contribution in [0.2, 0.25) is 0 Å². The van der Waals surface area contributed by atoms with Crippen LogP contribution >= 0.6 is 0 Å². The first-order chi connectivity index (χ1) is 8.55. The molecule has 0 spiro atoms. The summed E-state index contributed by atoms with van der Waals surface area (Å²) in [6.07, 6.45) is 7.73. The minimum atomic E-state index is -2.74. The van der Waals surface area contributed by atoms with E-state index in [9.17, 15) is 8.42 Å². The molecule has 0 amide bonds. The van der Waals surface area contributed by atoms with E-state index in [4.69, 9.17) is 0 Å². The number of hydrogen-bond donors (Lipinski definition) is 1. The Morgan fingerprint density at radius 3 is 2.28 bits per heavy atom. The van der Waals surface area contributed by atoms with Gasteiger partial charge >= 0.3 is 0 Å². The predicted molar refractivity (Wildman–Crippen MR) is 74.6 cm³/mol. The molecular weight excluding hydrogens is 248 g/mol. The zero-order valence-corrected chi connectivity index (χ0v) is 12.3. The van der Waals surface area contributed by atoms with E-state index in [2.05, 4.69) is 17.3 Å². The van der Waals surface area contributed by atoms with Crippen LogP contribution in [0.15, 0.2) is 0 Å². The van der Waals surface area contributed by atoms with E-state index >= 15 is 0 Å². The SMILES string of the molecule is CNC1(CCN2CCS(=O)(=O)CC2)CCCCC1. The molecule has 1 aliphatic carbocycles. The summed E-state index contributed by atoms with van der Waals surface area (Å²) in [5.74, 6) is 0.694. The molecule has 0 radical (unpaired) electrons. The molecule has 1 heterocycles. The smallest absolute Gasteiger partial charge is 0.152 e. The second kappa shape index (κ2) is 5.88. The Morgan fingerprint density at radius 1 is 1.11 bits per heavy atom. The number of nitrogens with one attached hydrogen (secondary N) is 1. The largest absolute Gasteiger partial charge is 0.314 e. The molecule has 1 aliphatic heterocycles. The molecule has 2 aliphatic rings. The van der Waals surface area contributed by atoms with Crippen molar-refractivity contribution in [3.8, 4) is 0 Å². The summed E-state index contributed by atoms with van der Waals surface area (Å²) in [6, 6.07) is 0. The third-order valence-corrected chi connectivity index (χ3v) is 6.29. The lowest BCUT2D eigenvalue weighted by atomic mass is 9.79.